The van der Waals surface area contributed by atoms with E-state index in [4.69, 9.17) is 4.74 Å². The van der Waals surface area contributed by atoms with Gasteiger partial charge in [0.05, 0.1) is 24.4 Å². The average Bonchev–Trinajstić information content (AvgIpc) is 3.05. The van der Waals surface area contributed by atoms with Crippen LogP contribution in [-0.2, 0) is 13.0 Å². The molecule has 0 saturated heterocycles. The van der Waals surface area contributed by atoms with Gasteiger partial charge in [0.15, 0.2) is 0 Å². The number of hydrogen-bond donors (Lipinski definition) is 1. The molecule has 1 N–H and O–H groups in total. The summed E-state index contributed by atoms with van der Waals surface area (Å²) in [5, 5.41) is 3.19. The first-order valence-electron chi connectivity index (χ1n) is 9.07. The van der Waals surface area contributed by atoms with E-state index in [0.29, 0.717) is 37.2 Å². The van der Waals surface area contributed by atoms with Crippen molar-refractivity contribution in [3.63, 3.8) is 0 Å². The number of aromatic nitrogens is 2. The van der Waals surface area contributed by atoms with Gasteiger partial charge in [-0.2, -0.15) is 0 Å². The number of benzene rings is 2. The Morgan fingerprint density at radius 2 is 1.85 bits per heavy atom. The van der Waals surface area contributed by atoms with Gasteiger partial charge in [-0.1, -0.05) is 18.2 Å². The highest BCUT2D eigenvalue weighted by atomic mass is 16.5. The summed E-state index contributed by atoms with van der Waals surface area (Å²) < 4.78 is 6.97. The molecule has 1 aromatic heterocycles. The van der Waals surface area contributed by atoms with Crippen molar-refractivity contribution in [1.29, 1.82) is 0 Å². The van der Waals surface area contributed by atoms with Crippen LogP contribution >= 0.6 is 0 Å². The van der Waals surface area contributed by atoms with Gasteiger partial charge in [0.1, 0.15) is 5.75 Å². The number of hydrogen-bond acceptors (Lipinski definition) is 3. The minimum absolute atomic E-state index is 0.0736. The Morgan fingerprint density at radius 3 is 2.56 bits per heavy atom. The number of nitrogens with zero attached hydrogens (tertiary/aromatic N) is 2. The fourth-order valence-corrected chi connectivity index (χ4v) is 3.38. The molecule has 0 aliphatic carbocycles. The van der Waals surface area contributed by atoms with Crippen LogP contribution in [0.15, 0.2) is 59.4 Å². The smallest absolute Gasteiger partial charge is 0.276 e. The van der Waals surface area contributed by atoms with Crippen molar-refractivity contribution in [2.24, 2.45) is 0 Å². The molecule has 0 radical (unpaired) electrons. The Balaban J connectivity index is 1.57. The van der Waals surface area contributed by atoms with Gasteiger partial charge in [-0.15, -0.1) is 0 Å². The van der Waals surface area contributed by atoms with Gasteiger partial charge in [0.25, 0.3) is 11.5 Å². The van der Waals surface area contributed by atoms with Crippen LogP contribution in [0.3, 0.4) is 0 Å². The Labute approximate surface area is 157 Å². The lowest BCUT2D eigenvalue weighted by atomic mass is 10.1. The van der Waals surface area contributed by atoms with Gasteiger partial charge in [-0.05, 0) is 43.3 Å². The molecule has 0 saturated carbocycles. The van der Waals surface area contributed by atoms with Gasteiger partial charge in [0.2, 0.25) is 0 Å². The molecule has 0 unspecified atom stereocenters. The number of rotatable bonds is 4. The maximum Gasteiger partial charge on any atom is 0.276 e. The highest BCUT2D eigenvalue weighted by Gasteiger charge is 2.26. The molecule has 0 atom stereocenters. The van der Waals surface area contributed by atoms with Gasteiger partial charge in [0, 0.05) is 24.2 Å². The van der Waals surface area contributed by atoms with E-state index < -0.39 is 0 Å². The molecule has 0 bridgehead atoms. The Hall–Kier alpha value is -3.28. The lowest BCUT2D eigenvalue weighted by Crippen LogP contribution is -2.37. The van der Waals surface area contributed by atoms with E-state index in [-0.39, 0.29) is 11.5 Å². The third-order valence-corrected chi connectivity index (χ3v) is 4.77. The zero-order chi connectivity index (χ0) is 18.8. The second kappa shape index (κ2) is 7.15. The maximum absolute atomic E-state index is 12.8. The van der Waals surface area contributed by atoms with E-state index in [2.05, 4.69) is 5.10 Å². The standard InChI is InChI=1S/C21H21N3O3/c1-2-27-17-10-8-15(9-11-17)20(25)23-13-12-19-18(14-23)21(26)24(22-19)16-6-4-3-5-7-16/h3-11,22H,2,12-14H2,1H3. The first-order valence-corrected chi connectivity index (χ1v) is 9.07. The molecule has 1 aliphatic heterocycles. The predicted octanol–water partition coefficient (Wildman–Crippen LogP) is 2.76. The summed E-state index contributed by atoms with van der Waals surface area (Å²) in [6.07, 6.45) is 0.632. The minimum atomic E-state index is -0.0969. The molecule has 6 nitrogen and oxygen atoms in total. The van der Waals surface area contributed by atoms with Crippen molar-refractivity contribution >= 4 is 5.91 Å². The molecule has 6 heteroatoms. The fourth-order valence-electron chi connectivity index (χ4n) is 3.38. The number of ether oxygens (including phenoxy) is 1. The lowest BCUT2D eigenvalue weighted by molar-refractivity contribution is 0.0734. The molecule has 4 rings (SSSR count). The Morgan fingerprint density at radius 1 is 1.11 bits per heavy atom. The van der Waals surface area contributed by atoms with Crippen LogP contribution in [0.4, 0.5) is 0 Å². The van der Waals surface area contributed by atoms with Crippen LogP contribution in [0.25, 0.3) is 5.69 Å². The zero-order valence-corrected chi connectivity index (χ0v) is 15.1. The summed E-state index contributed by atoms with van der Waals surface area (Å²) in [6.45, 7) is 3.40. The first kappa shape index (κ1) is 17.1. The number of nitrogens with one attached hydrogen (secondary N) is 1. The summed E-state index contributed by atoms with van der Waals surface area (Å²) in [5.74, 6) is 0.668. The van der Waals surface area contributed by atoms with Crippen molar-refractivity contribution in [3.8, 4) is 11.4 Å². The summed E-state index contributed by atoms with van der Waals surface area (Å²) in [4.78, 5) is 27.4. The molecule has 2 aromatic carbocycles. The quantitative estimate of drug-likeness (QED) is 0.775. The largest absolute Gasteiger partial charge is 0.494 e. The predicted molar refractivity (Wildman–Crippen MR) is 102 cm³/mol. The highest BCUT2D eigenvalue weighted by molar-refractivity contribution is 5.94. The van der Waals surface area contributed by atoms with E-state index in [1.807, 2.05) is 37.3 Å². The molecule has 0 spiro atoms. The number of H-pyrrole nitrogens is 1. The molecular formula is C21H21N3O3. The number of para-hydroxylation sites is 1. The average molecular weight is 363 g/mol. The first-order chi connectivity index (χ1) is 13.2. The van der Waals surface area contributed by atoms with Crippen LogP contribution in [0.5, 0.6) is 5.75 Å². The number of carbonyl (C=O) groups excluding carboxylic acids is 1. The van der Waals surface area contributed by atoms with Crippen LogP contribution in [0, 0.1) is 0 Å². The van der Waals surface area contributed by atoms with E-state index in [1.54, 1.807) is 33.8 Å². The topological polar surface area (TPSA) is 67.3 Å². The number of amides is 1. The monoisotopic (exact) mass is 363 g/mol. The summed E-state index contributed by atoms with van der Waals surface area (Å²) >= 11 is 0. The normalized spacial score (nSPS) is 13.3. The van der Waals surface area contributed by atoms with Crippen molar-refractivity contribution in [2.75, 3.05) is 13.2 Å². The van der Waals surface area contributed by atoms with E-state index in [0.717, 1.165) is 17.1 Å². The number of carbonyl (C=O) groups is 1. The van der Waals surface area contributed by atoms with E-state index in [9.17, 15) is 9.59 Å². The highest BCUT2D eigenvalue weighted by Crippen LogP contribution is 2.19. The van der Waals surface area contributed by atoms with Crippen molar-refractivity contribution in [2.45, 2.75) is 19.9 Å². The van der Waals surface area contributed by atoms with E-state index in [1.165, 1.54) is 0 Å². The molecule has 1 aliphatic rings. The van der Waals surface area contributed by atoms with Gasteiger partial charge >= 0.3 is 0 Å². The Bertz CT molecular complexity index is 1000. The van der Waals surface area contributed by atoms with Gasteiger partial charge in [-0.3, -0.25) is 14.7 Å². The van der Waals surface area contributed by atoms with Crippen LogP contribution in [0.2, 0.25) is 0 Å². The second-order valence-electron chi connectivity index (χ2n) is 6.48. The lowest BCUT2D eigenvalue weighted by Gasteiger charge is -2.26. The molecule has 0 fully saturated rings. The fraction of sp³-hybridized carbons (Fsp3) is 0.238. The number of fused-ring (bicyclic) bond motifs is 1. The van der Waals surface area contributed by atoms with E-state index >= 15 is 0 Å². The summed E-state index contributed by atoms with van der Waals surface area (Å²) in [6, 6.07) is 16.6. The van der Waals surface area contributed by atoms with Crippen LogP contribution in [-0.4, -0.2) is 33.7 Å². The van der Waals surface area contributed by atoms with Gasteiger partial charge < -0.3 is 9.64 Å². The Kier molecular flexibility index (Phi) is 4.54. The molecule has 138 valence electrons. The summed E-state index contributed by atoms with van der Waals surface area (Å²) in [7, 11) is 0. The molecule has 27 heavy (non-hydrogen) atoms. The zero-order valence-electron chi connectivity index (χ0n) is 15.1. The van der Waals surface area contributed by atoms with Crippen LogP contribution < -0.4 is 10.3 Å². The maximum atomic E-state index is 12.8. The molecule has 2 heterocycles. The van der Waals surface area contributed by atoms with Crippen LogP contribution in [0.1, 0.15) is 28.5 Å². The molecule has 3 aromatic rings. The van der Waals surface area contributed by atoms with Gasteiger partial charge in [-0.25, -0.2) is 4.68 Å². The third kappa shape index (κ3) is 3.26. The summed E-state index contributed by atoms with van der Waals surface area (Å²) in [5.41, 5.74) is 2.85. The van der Waals surface area contributed by atoms with Crippen molar-refractivity contribution in [1.82, 2.24) is 14.7 Å². The second-order valence-corrected chi connectivity index (χ2v) is 6.48. The third-order valence-electron chi connectivity index (χ3n) is 4.77. The van der Waals surface area contributed by atoms with Crippen molar-refractivity contribution in [3.05, 3.63) is 81.8 Å². The van der Waals surface area contributed by atoms with Crippen molar-refractivity contribution < 1.29 is 9.53 Å². The number of aromatic amines is 1. The minimum Gasteiger partial charge on any atom is -0.494 e. The molecule has 1 amide bonds. The SMILES string of the molecule is CCOc1ccc(C(=O)N2CCc3[nH]n(-c4ccccc4)c(=O)c3C2)cc1. The molecular weight excluding hydrogens is 342 g/mol.